The molecule has 2 aromatic carbocycles. The van der Waals surface area contributed by atoms with Gasteiger partial charge in [-0.2, -0.15) is 14.0 Å². The van der Waals surface area contributed by atoms with Gasteiger partial charge in [-0.1, -0.05) is 38.1 Å². The van der Waals surface area contributed by atoms with Crippen LogP contribution in [0.4, 0.5) is 8.78 Å². The number of esters is 1. The summed E-state index contributed by atoms with van der Waals surface area (Å²) in [4.78, 5) is 24.2. The molecule has 2 aromatic rings. The molecule has 0 aliphatic rings. The van der Waals surface area contributed by atoms with E-state index in [1.807, 2.05) is 12.1 Å². The molecule has 0 heterocycles. The molecule has 7 heteroatoms. The van der Waals surface area contributed by atoms with Gasteiger partial charge in [0.2, 0.25) is 0 Å². The van der Waals surface area contributed by atoms with Crippen molar-refractivity contribution in [1.29, 1.82) is 5.26 Å². The van der Waals surface area contributed by atoms with Crippen LogP contribution >= 0.6 is 0 Å². The van der Waals surface area contributed by atoms with Gasteiger partial charge in [0.25, 0.3) is 0 Å². The number of carbonyl (C=O) groups is 2. The topological polar surface area (TPSA) is 76.4 Å². The summed E-state index contributed by atoms with van der Waals surface area (Å²) in [6.45, 7) is 0.563. The minimum absolute atomic E-state index is 0.0910. The van der Waals surface area contributed by atoms with E-state index in [1.165, 1.54) is 30.3 Å². The zero-order chi connectivity index (χ0) is 21.4. The highest BCUT2D eigenvalue weighted by molar-refractivity contribution is 6.01. The van der Waals surface area contributed by atoms with Crippen molar-refractivity contribution in [1.82, 2.24) is 0 Å². The summed E-state index contributed by atoms with van der Waals surface area (Å²) >= 11 is 0. The normalized spacial score (nSPS) is 11.3. The summed E-state index contributed by atoms with van der Waals surface area (Å²) in [7, 11) is 0. The monoisotopic (exact) mass is 399 g/mol. The molecule has 29 heavy (non-hydrogen) atoms. The van der Waals surface area contributed by atoms with E-state index in [0.717, 1.165) is 5.56 Å². The maximum atomic E-state index is 12.1. The van der Waals surface area contributed by atoms with Crippen LogP contribution < -0.4 is 4.74 Å². The third-order valence-corrected chi connectivity index (χ3v) is 3.99. The highest BCUT2D eigenvalue weighted by Crippen LogP contribution is 2.17. The molecular weight excluding hydrogens is 380 g/mol. The highest BCUT2D eigenvalue weighted by Gasteiger charge is 2.15. The lowest BCUT2D eigenvalue weighted by atomic mass is 10.0. The molecule has 0 aromatic heterocycles. The van der Waals surface area contributed by atoms with Crippen molar-refractivity contribution in [3.8, 4) is 11.8 Å². The lowest BCUT2D eigenvalue weighted by Gasteiger charge is -2.07. The van der Waals surface area contributed by atoms with Crippen LogP contribution in [0, 0.1) is 11.3 Å². The van der Waals surface area contributed by atoms with Gasteiger partial charge < -0.3 is 9.47 Å². The molecular formula is C22H19F2NO4. The second kappa shape index (κ2) is 10.1. The Bertz CT molecular complexity index is 927. The molecule has 0 saturated heterocycles. The van der Waals surface area contributed by atoms with Crippen LogP contribution in [0.1, 0.15) is 41.3 Å². The van der Waals surface area contributed by atoms with Crippen LogP contribution in [-0.4, -0.2) is 25.0 Å². The number of ether oxygens (including phenoxy) is 2. The van der Waals surface area contributed by atoms with Gasteiger partial charge >= 0.3 is 12.6 Å². The molecule has 0 saturated carbocycles. The Morgan fingerprint density at radius 3 is 2.21 bits per heavy atom. The molecule has 150 valence electrons. The third-order valence-electron chi connectivity index (χ3n) is 3.99. The van der Waals surface area contributed by atoms with E-state index in [9.17, 15) is 23.6 Å². The number of halogens is 2. The number of ketones is 1. The second-order valence-corrected chi connectivity index (χ2v) is 6.39. The number of Topliss-reactive ketones (excluding diaryl/α,β-unsaturated/α-hetero) is 1. The first-order valence-electron chi connectivity index (χ1n) is 8.77. The summed E-state index contributed by atoms with van der Waals surface area (Å²) in [6, 6.07) is 14.1. The molecule has 0 bridgehead atoms. The Balaban J connectivity index is 1.98. The third kappa shape index (κ3) is 6.54. The van der Waals surface area contributed by atoms with Crippen molar-refractivity contribution in [2.45, 2.75) is 26.4 Å². The van der Waals surface area contributed by atoms with Crippen molar-refractivity contribution in [2.24, 2.45) is 0 Å². The molecule has 0 spiro atoms. The van der Waals surface area contributed by atoms with E-state index in [-0.39, 0.29) is 16.9 Å². The van der Waals surface area contributed by atoms with Gasteiger partial charge in [-0.05, 0) is 47.4 Å². The van der Waals surface area contributed by atoms with Crippen molar-refractivity contribution < 1.29 is 27.8 Å². The van der Waals surface area contributed by atoms with Crippen molar-refractivity contribution in [3.05, 3.63) is 70.8 Å². The van der Waals surface area contributed by atoms with Crippen molar-refractivity contribution in [3.63, 3.8) is 0 Å². The number of nitrogens with zero attached hydrogens (tertiary/aromatic N) is 1. The van der Waals surface area contributed by atoms with E-state index in [0.29, 0.717) is 11.5 Å². The Morgan fingerprint density at radius 1 is 1.07 bits per heavy atom. The summed E-state index contributed by atoms with van der Waals surface area (Å²) in [5.74, 6) is -1.20. The van der Waals surface area contributed by atoms with Crippen LogP contribution in [0.15, 0.2) is 54.1 Å². The van der Waals surface area contributed by atoms with Gasteiger partial charge in [-0.25, -0.2) is 4.79 Å². The van der Waals surface area contributed by atoms with Gasteiger partial charge in [0, 0.05) is 5.56 Å². The molecule has 0 amide bonds. The van der Waals surface area contributed by atoms with E-state index in [1.54, 1.807) is 18.2 Å². The van der Waals surface area contributed by atoms with Crippen LogP contribution in [0.5, 0.6) is 5.75 Å². The van der Waals surface area contributed by atoms with E-state index in [2.05, 4.69) is 18.6 Å². The Morgan fingerprint density at radius 2 is 1.69 bits per heavy atom. The Hall–Kier alpha value is -3.53. The first-order chi connectivity index (χ1) is 13.8. The smallest absolute Gasteiger partial charge is 0.387 e. The molecule has 0 radical (unpaired) electrons. The number of hydrogen-bond donors (Lipinski definition) is 0. The van der Waals surface area contributed by atoms with Gasteiger partial charge in [0.15, 0.2) is 12.4 Å². The quantitative estimate of drug-likeness (QED) is 0.277. The minimum atomic E-state index is -2.96. The van der Waals surface area contributed by atoms with Gasteiger partial charge in [0.1, 0.15) is 17.4 Å². The summed E-state index contributed by atoms with van der Waals surface area (Å²) < 4.78 is 33.4. The second-order valence-electron chi connectivity index (χ2n) is 6.39. The summed E-state index contributed by atoms with van der Waals surface area (Å²) in [6.07, 6.45) is 1.38. The highest BCUT2D eigenvalue weighted by atomic mass is 19.3. The number of benzene rings is 2. The first-order valence-corrected chi connectivity index (χ1v) is 8.77. The molecule has 2 rings (SSSR count). The maximum Gasteiger partial charge on any atom is 0.387 e. The SMILES string of the molecule is CC(C)c1ccc(/C=C(\C#N)C(=O)OCC(=O)c2ccc(OC(F)F)cc2)cc1. The number of alkyl halides is 2. The predicted molar refractivity (Wildman–Crippen MR) is 102 cm³/mol. The average Bonchev–Trinajstić information content (AvgIpc) is 2.70. The Labute approximate surface area is 167 Å². The molecule has 0 unspecified atom stereocenters. The Kier molecular flexibility index (Phi) is 7.61. The molecule has 0 fully saturated rings. The molecule has 0 aliphatic carbocycles. The van der Waals surface area contributed by atoms with Crippen molar-refractivity contribution >= 4 is 17.8 Å². The lowest BCUT2D eigenvalue weighted by Crippen LogP contribution is -2.15. The van der Waals surface area contributed by atoms with Crippen LogP contribution in [0.2, 0.25) is 0 Å². The number of hydrogen-bond acceptors (Lipinski definition) is 5. The molecule has 0 aliphatic heterocycles. The standard InChI is InChI=1S/C22H19F2NO4/c1-14(2)16-5-3-15(4-6-16)11-18(12-25)21(27)28-13-20(26)17-7-9-19(10-8-17)29-22(23)24/h3-11,14,22H,13H2,1-2H3/b18-11+. The summed E-state index contributed by atoms with van der Waals surface area (Å²) in [5.41, 5.74) is 1.70. The minimum Gasteiger partial charge on any atom is -0.453 e. The number of carbonyl (C=O) groups excluding carboxylic acids is 2. The van der Waals surface area contributed by atoms with Crippen molar-refractivity contribution in [2.75, 3.05) is 6.61 Å². The van der Waals surface area contributed by atoms with Gasteiger partial charge in [-0.3, -0.25) is 4.79 Å². The van der Waals surface area contributed by atoms with Gasteiger partial charge in [0.05, 0.1) is 0 Å². The fourth-order valence-electron chi connectivity index (χ4n) is 2.40. The first kappa shape index (κ1) is 21.8. The fraction of sp³-hybridized carbons (Fsp3) is 0.227. The lowest BCUT2D eigenvalue weighted by molar-refractivity contribution is -0.137. The zero-order valence-electron chi connectivity index (χ0n) is 15.9. The molecule has 0 atom stereocenters. The predicted octanol–water partition coefficient (Wildman–Crippen LogP) is 4.74. The fourth-order valence-corrected chi connectivity index (χ4v) is 2.40. The summed E-state index contributed by atoms with van der Waals surface area (Å²) in [5, 5.41) is 9.21. The largest absolute Gasteiger partial charge is 0.453 e. The molecule has 0 N–H and O–H groups in total. The van der Waals surface area contributed by atoms with E-state index >= 15 is 0 Å². The average molecular weight is 399 g/mol. The number of rotatable bonds is 8. The molecule has 5 nitrogen and oxygen atoms in total. The van der Waals surface area contributed by atoms with Gasteiger partial charge in [-0.15, -0.1) is 0 Å². The zero-order valence-corrected chi connectivity index (χ0v) is 15.9. The van der Waals surface area contributed by atoms with Crippen LogP contribution in [-0.2, 0) is 9.53 Å². The van der Waals surface area contributed by atoms with Crippen LogP contribution in [0.3, 0.4) is 0 Å². The maximum absolute atomic E-state index is 12.1. The van der Waals surface area contributed by atoms with E-state index in [4.69, 9.17) is 4.74 Å². The number of nitriles is 1. The van der Waals surface area contributed by atoms with Crippen LogP contribution in [0.25, 0.3) is 6.08 Å². The van der Waals surface area contributed by atoms with E-state index < -0.39 is 25.0 Å².